The fourth-order valence-corrected chi connectivity index (χ4v) is 2.35. The molecule has 1 N–H and O–H groups in total. The van der Waals surface area contributed by atoms with E-state index in [0.29, 0.717) is 0 Å². The van der Waals surface area contributed by atoms with Gasteiger partial charge in [0, 0.05) is 16.5 Å². The highest BCUT2D eigenvalue weighted by Crippen LogP contribution is 2.44. The lowest BCUT2D eigenvalue weighted by atomic mass is 10.0. The minimum atomic E-state index is 0.974. The van der Waals surface area contributed by atoms with Crippen molar-refractivity contribution < 1.29 is 0 Å². The van der Waals surface area contributed by atoms with Gasteiger partial charge in [-0.05, 0) is 5.39 Å². The van der Waals surface area contributed by atoms with E-state index in [4.69, 9.17) is 0 Å². The highest BCUT2D eigenvalue weighted by atomic mass is 15.3. The van der Waals surface area contributed by atoms with Gasteiger partial charge in [0.15, 0.2) is 0 Å². The number of aromatic nitrogens is 3. The van der Waals surface area contributed by atoms with Crippen LogP contribution in [0.2, 0.25) is 0 Å². The number of nitrogens with one attached hydrogen (secondary N) is 1. The molecule has 15 heavy (non-hydrogen) atoms. The van der Waals surface area contributed by atoms with E-state index in [2.05, 4.69) is 51.8 Å². The van der Waals surface area contributed by atoms with Gasteiger partial charge in [-0.15, -0.1) is 5.10 Å². The van der Waals surface area contributed by atoms with Crippen molar-refractivity contribution in [2.45, 2.75) is 0 Å². The van der Waals surface area contributed by atoms with Crippen LogP contribution in [0.25, 0.3) is 33.3 Å². The van der Waals surface area contributed by atoms with Crippen molar-refractivity contribution in [3.8, 4) is 22.5 Å². The molecule has 2 aromatic carbocycles. The summed E-state index contributed by atoms with van der Waals surface area (Å²) in [5.41, 5.74) is 4.42. The first-order chi connectivity index (χ1) is 7.45. The number of hydrogen-bond acceptors (Lipinski definition) is 2. The number of aromatic amines is 1. The van der Waals surface area contributed by atoms with E-state index in [-0.39, 0.29) is 0 Å². The summed E-state index contributed by atoms with van der Waals surface area (Å²) in [6.07, 6.45) is 0. The maximum absolute atomic E-state index is 4.13. The monoisotopic (exact) mass is 193 g/mol. The lowest BCUT2D eigenvalue weighted by Crippen LogP contribution is -1.79. The Bertz CT molecular complexity index is 629. The molecule has 0 saturated carbocycles. The molecule has 1 heterocycles. The largest absolute Gasteiger partial charge is 0.257 e. The van der Waals surface area contributed by atoms with Crippen LogP contribution in [-0.4, -0.2) is 15.4 Å². The Kier molecular flexibility index (Phi) is 1.08. The van der Waals surface area contributed by atoms with Crippen LogP contribution in [0.3, 0.4) is 0 Å². The Hall–Kier alpha value is -2.16. The number of H-pyrrole nitrogens is 1. The average molecular weight is 193 g/mol. The van der Waals surface area contributed by atoms with Crippen molar-refractivity contribution in [2.24, 2.45) is 0 Å². The van der Waals surface area contributed by atoms with Gasteiger partial charge < -0.3 is 0 Å². The van der Waals surface area contributed by atoms with Crippen LogP contribution in [0.15, 0.2) is 36.4 Å². The first kappa shape index (κ1) is 7.17. The van der Waals surface area contributed by atoms with Crippen LogP contribution in [-0.2, 0) is 0 Å². The number of benzene rings is 2. The molecule has 0 saturated heterocycles. The normalized spacial score (nSPS) is 12.0. The Balaban J connectivity index is 2.35. The third kappa shape index (κ3) is 0.722. The van der Waals surface area contributed by atoms with Gasteiger partial charge in [0.25, 0.3) is 0 Å². The van der Waals surface area contributed by atoms with Gasteiger partial charge in [-0.2, -0.15) is 0 Å². The zero-order valence-electron chi connectivity index (χ0n) is 7.86. The van der Waals surface area contributed by atoms with E-state index in [0.717, 1.165) is 11.4 Å². The molecule has 0 aliphatic heterocycles. The third-order valence-electron chi connectivity index (χ3n) is 2.98. The summed E-state index contributed by atoms with van der Waals surface area (Å²) in [5, 5.41) is 13.5. The topological polar surface area (TPSA) is 41.6 Å². The molecule has 1 aromatic heterocycles. The summed E-state index contributed by atoms with van der Waals surface area (Å²) in [6.45, 7) is 0. The minimum Gasteiger partial charge on any atom is -0.257 e. The molecule has 3 aromatic rings. The van der Waals surface area contributed by atoms with E-state index in [1.165, 1.54) is 21.9 Å². The lowest BCUT2D eigenvalue weighted by molar-refractivity contribution is 0.943. The fourth-order valence-electron chi connectivity index (χ4n) is 2.35. The van der Waals surface area contributed by atoms with Crippen molar-refractivity contribution in [2.75, 3.05) is 0 Å². The molecular weight excluding hydrogens is 186 g/mol. The van der Waals surface area contributed by atoms with Gasteiger partial charge in [-0.25, -0.2) is 0 Å². The standard InChI is InChI=1S/C12H7N3/c1-3-7-4-2-6-9-10(7)8(5-1)11-12(9)14-15-13-11/h1-6H,(H,13,14,15). The molecule has 0 atom stereocenters. The SMILES string of the molecule is c1cc2c3c(cccc3c1)-c1[nH]nnc1-2. The second-order valence-electron chi connectivity index (χ2n) is 3.74. The summed E-state index contributed by atoms with van der Waals surface area (Å²) in [6, 6.07) is 12.6. The van der Waals surface area contributed by atoms with Gasteiger partial charge in [0.05, 0.1) is 5.69 Å². The van der Waals surface area contributed by atoms with Crippen LogP contribution in [0.4, 0.5) is 0 Å². The molecule has 1 aliphatic carbocycles. The average Bonchev–Trinajstić information content (AvgIpc) is 2.84. The maximum atomic E-state index is 4.13. The second-order valence-corrected chi connectivity index (χ2v) is 3.74. The number of rotatable bonds is 0. The third-order valence-corrected chi connectivity index (χ3v) is 2.98. The van der Waals surface area contributed by atoms with Crippen LogP contribution in [0, 0.1) is 0 Å². The molecule has 4 rings (SSSR count). The van der Waals surface area contributed by atoms with Gasteiger partial charge >= 0.3 is 0 Å². The molecule has 0 fully saturated rings. The first-order valence-corrected chi connectivity index (χ1v) is 4.89. The van der Waals surface area contributed by atoms with Crippen molar-refractivity contribution >= 4 is 10.8 Å². The van der Waals surface area contributed by atoms with E-state index < -0.39 is 0 Å². The quantitative estimate of drug-likeness (QED) is 0.466. The van der Waals surface area contributed by atoms with E-state index in [1.807, 2.05) is 0 Å². The maximum Gasteiger partial charge on any atom is 0.121 e. The van der Waals surface area contributed by atoms with Crippen LogP contribution in [0.1, 0.15) is 0 Å². The highest BCUT2D eigenvalue weighted by molar-refractivity contribution is 6.13. The van der Waals surface area contributed by atoms with E-state index in [9.17, 15) is 0 Å². The predicted molar refractivity (Wildman–Crippen MR) is 58.3 cm³/mol. The van der Waals surface area contributed by atoms with E-state index >= 15 is 0 Å². The smallest absolute Gasteiger partial charge is 0.121 e. The van der Waals surface area contributed by atoms with Crippen LogP contribution >= 0.6 is 0 Å². The Morgan fingerprint density at radius 2 is 1.73 bits per heavy atom. The minimum absolute atomic E-state index is 0.974. The van der Waals surface area contributed by atoms with E-state index in [1.54, 1.807) is 0 Å². The lowest BCUT2D eigenvalue weighted by Gasteiger charge is -2.00. The molecule has 0 bridgehead atoms. The molecule has 3 heteroatoms. The van der Waals surface area contributed by atoms with Gasteiger partial charge in [-0.3, -0.25) is 5.10 Å². The Morgan fingerprint density at radius 1 is 0.933 bits per heavy atom. The van der Waals surface area contributed by atoms with Crippen molar-refractivity contribution in [1.82, 2.24) is 15.4 Å². The fraction of sp³-hybridized carbons (Fsp3) is 0. The first-order valence-electron chi connectivity index (χ1n) is 4.89. The number of hydrogen-bond donors (Lipinski definition) is 1. The molecule has 0 unspecified atom stereocenters. The summed E-state index contributed by atoms with van der Waals surface area (Å²) in [7, 11) is 0. The van der Waals surface area contributed by atoms with Gasteiger partial charge in [0.1, 0.15) is 5.69 Å². The molecular formula is C12H7N3. The molecule has 0 spiro atoms. The number of fused-ring (bicyclic) bond motifs is 3. The Morgan fingerprint density at radius 3 is 2.60 bits per heavy atom. The van der Waals surface area contributed by atoms with Crippen molar-refractivity contribution in [1.29, 1.82) is 0 Å². The van der Waals surface area contributed by atoms with Crippen molar-refractivity contribution in [3.63, 3.8) is 0 Å². The van der Waals surface area contributed by atoms with Gasteiger partial charge in [0.2, 0.25) is 0 Å². The van der Waals surface area contributed by atoms with Crippen LogP contribution in [0.5, 0.6) is 0 Å². The molecule has 0 amide bonds. The van der Waals surface area contributed by atoms with Crippen molar-refractivity contribution in [3.05, 3.63) is 36.4 Å². The molecule has 70 valence electrons. The number of nitrogens with zero attached hydrogens (tertiary/aromatic N) is 2. The summed E-state index contributed by atoms with van der Waals surface area (Å²) in [4.78, 5) is 0. The van der Waals surface area contributed by atoms with Crippen LogP contribution < -0.4 is 0 Å². The second kappa shape index (κ2) is 2.25. The molecule has 1 aliphatic rings. The zero-order chi connectivity index (χ0) is 9.83. The Labute approximate surface area is 85.7 Å². The zero-order valence-corrected chi connectivity index (χ0v) is 7.86. The molecule has 0 radical (unpaired) electrons. The highest BCUT2D eigenvalue weighted by Gasteiger charge is 2.23. The summed E-state index contributed by atoms with van der Waals surface area (Å²) in [5.74, 6) is 0. The predicted octanol–water partition coefficient (Wildman–Crippen LogP) is 2.61. The summed E-state index contributed by atoms with van der Waals surface area (Å²) >= 11 is 0. The summed E-state index contributed by atoms with van der Waals surface area (Å²) < 4.78 is 0. The molecule has 3 nitrogen and oxygen atoms in total. The van der Waals surface area contributed by atoms with Gasteiger partial charge in [-0.1, -0.05) is 41.6 Å².